The molecule has 1 amide bonds. The van der Waals surface area contributed by atoms with E-state index in [-0.39, 0.29) is 43.3 Å². The zero-order chi connectivity index (χ0) is 29.3. The van der Waals surface area contributed by atoms with Crippen molar-refractivity contribution in [2.45, 2.75) is 49.3 Å². The van der Waals surface area contributed by atoms with Crippen molar-refractivity contribution in [3.8, 4) is 0 Å². The van der Waals surface area contributed by atoms with Gasteiger partial charge in [-0.25, -0.2) is 4.39 Å². The number of amidine groups is 1. The molecule has 8 nitrogen and oxygen atoms in total. The first-order chi connectivity index (χ1) is 19.4. The number of β-amino-alcohol motifs (C(OH)–C–C–N with tert-alkyl or cyclic N) is 1. The summed E-state index contributed by atoms with van der Waals surface area (Å²) < 4.78 is 63.5. The van der Waals surface area contributed by atoms with Crippen LogP contribution in [0.25, 0.3) is 0 Å². The summed E-state index contributed by atoms with van der Waals surface area (Å²) in [4.78, 5) is 17.8. The number of halogens is 4. The number of aliphatic hydroxyl groups is 1. The van der Waals surface area contributed by atoms with Crippen LogP contribution >= 0.6 is 0 Å². The molecule has 3 aliphatic heterocycles. The molecule has 4 aliphatic rings. The Morgan fingerprint density at radius 2 is 1.95 bits per heavy atom. The minimum atomic E-state index is -4.67. The van der Waals surface area contributed by atoms with Gasteiger partial charge in [-0.05, 0) is 59.7 Å². The number of ether oxygens (including phenoxy) is 1. The van der Waals surface area contributed by atoms with Gasteiger partial charge in [-0.3, -0.25) is 20.5 Å². The Hall–Kier alpha value is -3.35. The maximum Gasteiger partial charge on any atom is 0.416 e. The van der Waals surface area contributed by atoms with Gasteiger partial charge in [-0.15, -0.1) is 0 Å². The molecule has 41 heavy (non-hydrogen) atoms. The summed E-state index contributed by atoms with van der Waals surface area (Å²) in [5, 5.41) is 26.1. The first kappa shape index (κ1) is 27.8. The highest BCUT2D eigenvalue weighted by molar-refractivity contribution is 6.10. The molecule has 6 rings (SSSR count). The fourth-order valence-corrected chi connectivity index (χ4v) is 6.27. The SMILES string of the molecule is CN(C=N)C(=N)C(F)C1(c2cccc(N3Cc4c(cc(CN5CC(O)(C6CC6)C5)cc4C(F)(F)F)C3=O)c2)COC1. The number of carbonyl (C=O) groups is 1. The van der Waals surface area contributed by atoms with Crippen LogP contribution in [0.4, 0.5) is 23.2 Å². The number of nitrogens with one attached hydrogen (secondary N) is 2. The molecular weight excluding hydrogens is 542 g/mol. The molecule has 3 N–H and O–H groups in total. The molecule has 3 heterocycles. The van der Waals surface area contributed by atoms with Crippen LogP contribution in [0.15, 0.2) is 36.4 Å². The molecule has 1 saturated carbocycles. The van der Waals surface area contributed by atoms with Crippen molar-refractivity contribution in [2.24, 2.45) is 5.92 Å². The molecule has 0 radical (unpaired) electrons. The summed E-state index contributed by atoms with van der Waals surface area (Å²) in [6, 6.07) is 9.04. The minimum absolute atomic E-state index is 0.0161. The number of benzene rings is 2. The average molecular weight is 574 g/mol. The molecule has 2 aromatic rings. The van der Waals surface area contributed by atoms with Crippen LogP contribution in [0.5, 0.6) is 0 Å². The number of amides is 1. The highest BCUT2D eigenvalue weighted by Crippen LogP contribution is 2.46. The Bertz CT molecular complexity index is 1420. The lowest BCUT2D eigenvalue weighted by Gasteiger charge is -2.47. The number of anilines is 1. The summed E-state index contributed by atoms with van der Waals surface area (Å²) >= 11 is 0. The number of alkyl halides is 4. The highest BCUT2D eigenvalue weighted by Gasteiger charge is 2.52. The number of fused-ring (bicyclic) bond motifs is 1. The van der Waals surface area contributed by atoms with E-state index in [1.165, 1.54) is 18.0 Å². The van der Waals surface area contributed by atoms with E-state index >= 15 is 4.39 Å². The van der Waals surface area contributed by atoms with E-state index in [1.54, 1.807) is 24.3 Å². The molecule has 1 atom stereocenters. The van der Waals surface area contributed by atoms with Crippen LogP contribution in [-0.2, 0) is 29.4 Å². The number of hydrogen-bond acceptors (Lipinski definition) is 6. The second kappa shape index (κ2) is 9.60. The van der Waals surface area contributed by atoms with Crippen molar-refractivity contribution in [3.63, 3.8) is 0 Å². The Morgan fingerprint density at radius 1 is 1.24 bits per heavy atom. The molecule has 1 unspecified atom stereocenters. The van der Waals surface area contributed by atoms with Crippen molar-refractivity contribution in [3.05, 3.63) is 64.2 Å². The molecule has 3 fully saturated rings. The van der Waals surface area contributed by atoms with Crippen molar-refractivity contribution >= 4 is 23.8 Å². The van der Waals surface area contributed by atoms with Gasteiger partial charge in [-0.1, -0.05) is 12.1 Å². The number of hydrogen-bond donors (Lipinski definition) is 3. The van der Waals surface area contributed by atoms with Crippen LogP contribution in [0.3, 0.4) is 0 Å². The van der Waals surface area contributed by atoms with Crippen LogP contribution in [0.1, 0.15) is 45.5 Å². The lowest BCUT2D eigenvalue weighted by Crippen LogP contribution is -2.62. The summed E-state index contributed by atoms with van der Waals surface area (Å²) in [5.41, 5.74) is -1.82. The number of likely N-dealkylation sites (tertiary alicyclic amines) is 1. The van der Waals surface area contributed by atoms with Crippen LogP contribution in [-0.4, -0.2) is 78.1 Å². The van der Waals surface area contributed by atoms with Crippen molar-refractivity contribution in [2.75, 3.05) is 38.3 Å². The largest absolute Gasteiger partial charge is 0.416 e. The first-order valence-corrected chi connectivity index (χ1v) is 13.5. The Morgan fingerprint density at radius 3 is 2.54 bits per heavy atom. The van der Waals surface area contributed by atoms with Crippen LogP contribution in [0.2, 0.25) is 0 Å². The van der Waals surface area contributed by atoms with E-state index in [9.17, 15) is 23.1 Å². The molecule has 2 aromatic carbocycles. The zero-order valence-electron chi connectivity index (χ0n) is 22.5. The fourth-order valence-electron chi connectivity index (χ4n) is 6.27. The maximum absolute atomic E-state index is 15.6. The predicted molar refractivity (Wildman–Crippen MR) is 143 cm³/mol. The Kier molecular flexibility index (Phi) is 6.51. The average Bonchev–Trinajstić information content (AvgIpc) is 3.70. The second-order valence-corrected chi connectivity index (χ2v) is 11.8. The molecule has 0 bridgehead atoms. The van der Waals surface area contributed by atoms with Gasteiger partial charge in [0, 0.05) is 37.9 Å². The topological polar surface area (TPSA) is 104 Å². The monoisotopic (exact) mass is 573 g/mol. The van der Waals surface area contributed by atoms with Gasteiger partial charge < -0.3 is 19.6 Å². The van der Waals surface area contributed by atoms with E-state index in [0.29, 0.717) is 29.9 Å². The van der Waals surface area contributed by atoms with Gasteiger partial charge in [0.1, 0.15) is 5.84 Å². The fraction of sp³-hybridized carbons (Fsp3) is 0.483. The van der Waals surface area contributed by atoms with E-state index < -0.39 is 40.7 Å². The third-order valence-corrected chi connectivity index (χ3v) is 8.90. The van der Waals surface area contributed by atoms with Gasteiger partial charge in [0.25, 0.3) is 5.91 Å². The van der Waals surface area contributed by atoms with E-state index in [0.717, 1.165) is 30.1 Å². The maximum atomic E-state index is 15.6. The third-order valence-electron chi connectivity index (χ3n) is 8.90. The van der Waals surface area contributed by atoms with Gasteiger partial charge in [0.05, 0.1) is 42.7 Å². The molecule has 0 spiro atoms. The van der Waals surface area contributed by atoms with Gasteiger partial charge in [0.2, 0.25) is 0 Å². The van der Waals surface area contributed by atoms with Gasteiger partial charge in [0.15, 0.2) is 6.17 Å². The summed E-state index contributed by atoms with van der Waals surface area (Å²) in [6.07, 6.45) is -3.70. The summed E-state index contributed by atoms with van der Waals surface area (Å²) in [6.45, 7) is 0.674. The van der Waals surface area contributed by atoms with Gasteiger partial charge in [-0.2, -0.15) is 13.2 Å². The Labute approximate surface area is 234 Å². The second-order valence-electron chi connectivity index (χ2n) is 11.8. The molecule has 2 saturated heterocycles. The zero-order valence-corrected chi connectivity index (χ0v) is 22.5. The van der Waals surface area contributed by atoms with Crippen LogP contribution < -0.4 is 4.90 Å². The molecular formula is C29H31F4N5O3. The smallest absolute Gasteiger partial charge is 0.387 e. The summed E-state index contributed by atoms with van der Waals surface area (Å²) in [7, 11) is 1.40. The quantitative estimate of drug-likeness (QED) is 0.252. The number of nitrogens with zero attached hydrogens (tertiary/aromatic N) is 3. The minimum Gasteiger partial charge on any atom is -0.387 e. The van der Waals surface area contributed by atoms with E-state index in [4.69, 9.17) is 15.6 Å². The predicted octanol–water partition coefficient (Wildman–Crippen LogP) is 3.94. The normalized spacial score (nSPS) is 22.0. The third kappa shape index (κ3) is 4.61. The molecule has 0 aromatic heterocycles. The van der Waals surface area contributed by atoms with Crippen molar-refractivity contribution in [1.29, 1.82) is 10.8 Å². The first-order valence-electron chi connectivity index (χ1n) is 13.5. The standard InChI is InChI=1S/C29H31F4N5O3/c1-36(16-34)25(35)24(30)27(14-41-15-27)19-3-2-4-20(9-19)38-11-22-21(26(38)39)7-17(8-23(22)29(31,32)33)10-37-12-28(40,13-37)18-5-6-18/h2-4,7-9,16,18,24,34-35,40H,5-6,10-15H2,1H3. The number of carbonyl (C=O) groups excluding carboxylic acids is 1. The van der Waals surface area contributed by atoms with Gasteiger partial charge >= 0.3 is 6.18 Å². The van der Waals surface area contributed by atoms with Crippen molar-refractivity contribution < 1.29 is 32.2 Å². The van der Waals surface area contributed by atoms with Crippen LogP contribution in [0, 0.1) is 16.7 Å². The number of rotatable bonds is 8. The lowest BCUT2D eigenvalue weighted by molar-refractivity contribution is -0.138. The lowest BCUT2D eigenvalue weighted by atomic mass is 9.73. The molecule has 218 valence electrons. The Balaban J connectivity index is 1.28. The van der Waals surface area contributed by atoms with E-state index in [1.807, 2.05) is 4.90 Å². The molecule has 12 heteroatoms. The van der Waals surface area contributed by atoms with Crippen molar-refractivity contribution in [1.82, 2.24) is 9.80 Å². The summed E-state index contributed by atoms with van der Waals surface area (Å²) in [5.74, 6) is -0.732. The highest BCUT2D eigenvalue weighted by atomic mass is 19.4. The van der Waals surface area contributed by atoms with E-state index in [2.05, 4.69) is 0 Å². The molecule has 1 aliphatic carbocycles.